The minimum atomic E-state index is -0.0864. The van der Waals surface area contributed by atoms with Crippen molar-refractivity contribution in [3.63, 3.8) is 0 Å². The summed E-state index contributed by atoms with van der Waals surface area (Å²) in [6.45, 7) is 1.93. The van der Waals surface area contributed by atoms with Gasteiger partial charge in [-0.3, -0.25) is 4.79 Å². The predicted octanol–water partition coefficient (Wildman–Crippen LogP) is 1.96. The molecule has 0 spiro atoms. The number of aromatic nitrogens is 2. The Morgan fingerprint density at radius 2 is 2.29 bits per heavy atom. The van der Waals surface area contributed by atoms with Crippen molar-refractivity contribution in [2.75, 3.05) is 0 Å². The molecule has 1 amide bonds. The van der Waals surface area contributed by atoms with E-state index >= 15 is 0 Å². The van der Waals surface area contributed by atoms with Crippen molar-refractivity contribution < 1.29 is 4.79 Å². The number of amides is 1. The van der Waals surface area contributed by atoms with Gasteiger partial charge in [-0.15, -0.1) is 0 Å². The Bertz CT molecular complexity index is 385. The molecule has 5 heteroatoms. The van der Waals surface area contributed by atoms with Gasteiger partial charge in [0.1, 0.15) is 0 Å². The molecule has 1 unspecified atom stereocenters. The van der Waals surface area contributed by atoms with E-state index in [-0.39, 0.29) is 11.2 Å². The van der Waals surface area contributed by atoms with E-state index in [1.807, 2.05) is 24.7 Å². The third-order valence-electron chi connectivity index (χ3n) is 3.13. The van der Waals surface area contributed by atoms with Crippen LogP contribution in [0.15, 0.2) is 17.6 Å². The van der Waals surface area contributed by atoms with E-state index in [9.17, 15) is 4.79 Å². The van der Waals surface area contributed by atoms with Crippen LogP contribution < -0.4 is 5.32 Å². The zero-order valence-electron chi connectivity index (χ0n) is 10.3. The Hall–Kier alpha value is -0.970. The Labute approximate surface area is 106 Å². The van der Waals surface area contributed by atoms with E-state index in [0.717, 1.165) is 18.0 Å². The summed E-state index contributed by atoms with van der Waals surface area (Å²) in [6, 6.07) is 0.395. The van der Waals surface area contributed by atoms with Gasteiger partial charge in [-0.2, -0.15) is 0 Å². The normalized spacial score (nSPS) is 18.2. The number of rotatable bonds is 4. The molecule has 1 aliphatic carbocycles. The van der Waals surface area contributed by atoms with E-state index in [1.165, 1.54) is 24.6 Å². The van der Waals surface area contributed by atoms with Gasteiger partial charge in [-0.25, -0.2) is 4.98 Å². The molecular weight excluding hydrogens is 234 g/mol. The van der Waals surface area contributed by atoms with Crippen LogP contribution in [-0.4, -0.2) is 26.8 Å². The lowest BCUT2D eigenvalue weighted by Crippen LogP contribution is -2.37. The Kier molecular flexibility index (Phi) is 4.10. The number of carbonyl (C=O) groups is 1. The van der Waals surface area contributed by atoms with Crippen LogP contribution in [0.3, 0.4) is 0 Å². The van der Waals surface area contributed by atoms with Gasteiger partial charge in [0.2, 0.25) is 5.91 Å². The molecule has 0 radical (unpaired) electrons. The molecule has 1 saturated carbocycles. The molecule has 0 bridgehead atoms. The molecule has 17 heavy (non-hydrogen) atoms. The highest BCUT2D eigenvalue weighted by Crippen LogP contribution is 2.22. The molecule has 1 atom stereocenters. The maximum atomic E-state index is 12.0. The molecule has 1 aliphatic rings. The molecule has 0 saturated heterocycles. The highest BCUT2D eigenvalue weighted by atomic mass is 32.2. The second-order valence-corrected chi connectivity index (χ2v) is 5.88. The van der Waals surface area contributed by atoms with Crippen LogP contribution in [0.2, 0.25) is 0 Å². The molecule has 1 heterocycles. The maximum absolute atomic E-state index is 12.0. The van der Waals surface area contributed by atoms with Gasteiger partial charge in [0.25, 0.3) is 0 Å². The molecule has 0 aromatic carbocycles. The number of hydrogen-bond donors (Lipinski definition) is 1. The average molecular weight is 253 g/mol. The third kappa shape index (κ3) is 3.25. The quantitative estimate of drug-likeness (QED) is 0.834. The van der Waals surface area contributed by atoms with Gasteiger partial charge in [-0.05, 0) is 19.8 Å². The second-order valence-electron chi connectivity index (χ2n) is 4.57. The van der Waals surface area contributed by atoms with Gasteiger partial charge in [-0.1, -0.05) is 24.6 Å². The lowest BCUT2D eigenvalue weighted by Gasteiger charge is -2.15. The van der Waals surface area contributed by atoms with Crippen LogP contribution in [0.5, 0.6) is 0 Å². The summed E-state index contributed by atoms with van der Waals surface area (Å²) in [6.07, 6.45) is 8.39. The summed E-state index contributed by atoms with van der Waals surface area (Å²) >= 11 is 1.51. The molecule has 1 N–H and O–H groups in total. The van der Waals surface area contributed by atoms with Crippen LogP contribution in [0.25, 0.3) is 0 Å². The van der Waals surface area contributed by atoms with E-state index in [1.54, 1.807) is 6.20 Å². The first kappa shape index (κ1) is 12.5. The zero-order valence-corrected chi connectivity index (χ0v) is 11.2. The van der Waals surface area contributed by atoms with Gasteiger partial charge < -0.3 is 9.88 Å². The standard InChI is InChI=1S/C12H19N3OS/c1-9(17-12-13-7-8-15(12)2)11(16)14-10-5-3-4-6-10/h7-10H,3-6H2,1-2H3,(H,14,16). The number of hydrogen-bond acceptors (Lipinski definition) is 3. The summed E-state index contributed by atoms with van der Waals surface area (Å²) in [5.41, 5.74) is 0. The van der Waals surface area contributed by atoms with Gasteiger partial charge >= 0.3 is 0 Å². The molecule has 2 rings (SSSR count). The first-order valence-corrected chi connectivity index (χ1v) is 6.99. The van der Waals surface area contributed by atoms with E-state index in [0.29, 0.717) is 6.04 Å². The van der Waals surface area contributed by atoms with Gasteiger partial charge in [0, 0.05) is 25.5 Å². The van der Waals surface area contributed by atoms with Crippen molar-refractivity contribution in [2.45, 2.75) is 49.1 Å². The lowest BCUT2D eigenvalue weighted by atomic mass is 10.2. The highest BCUT2D eigenvalue weighted by molar-refractivity contribution is 8.00. The molecule has 4 nitrogen and oxygen atoms in total. The Morgan fingerprint density at radius 3 is 2.88 bits per heavy atom. The summed E-state index contributed by atoms with van der Waals surface area (Å²) in [5.74, 6) is 0.130. The number of aryl methyl sites for hydroxylation is 1. The number of carbonyl (C=O) groups excluding carboxylic acids is 1. The molecule has 1 aromatic heterocycles. The average Bonchev–Trinajstić information content (AvgIpc) is 2.91. The lowest BCUT2D eigenvalue weighted by molar-refractivity contribution is -0.120. The van der Waals surface area contributed by atoms with Crippen molar-refractivity contribution in [3.05, 3.63) is 12.4 Å². The van der Waals surface area contributed by atoms with Crippen LogP contribution in [0.4, 0.5) is 0 Å². The van der Waals surface area contributed by atoms with Crippen molar-refractivity contribution >= 4 is 17.7 Å². The van der Waals surface area contributed by atoms with E-state index in [2.05, 4.69) is 10.3 Å². The van der Waals surface area contributed by atoms with Crippen molar-refractivity contribution in [1.82, 2.24) is 14.9 Å². The number of nitrogens with zero attached hydrogens (tertiary/aromatic N) is 2. The zero-order chi connectivity index (χ0) is 12.3. The highest BCUT2D eigenvalue weighted by Gasteiger charge is 2.22. The van der Waals surface area contributed by atoms with Crippen molar-refractivity contribution in [3.8, 4) is 0 Å². The van der Waals surface area contributed by atoms with Crippen molar-refractivity contribution in [2.24, 2.45) is 7.05 Å². The third-order valence-corrected chi connectivity index (χ3v) is 4.30. The molecule has 1 fully saturated rings. The molecule has 94 valence electrons. The van der Waals surface area contributed by atoms with Crippen molar-refractivity contribution in [1.29, 1.82) is 0 Å². The van der Waals surface area contributed by atoms with Crippen LogP contribution in [0.1, 0.15) is 32.6 Å². The minimum Gasteiger partial charge on any atom is -0.352 e. The molecule has 1 aromatic rings. The van der Waals surface area contributed by atoms with Gasteiger partial charge in [0.15, 0.2) is 5.16 Å². The fourth-order valence-electron chi connectivity index (χ4n) is 2.07. The fourth-order valence-corrected chi connectivity index (χ4v) is 2.91. The summed E-state index contributed by atoms with van der Waals surface area (Å²) in [7, 11) is 1.94. The first-order valence-electron chi connectivity index (χ1n) is 6.11. The van der Waals surface area contributed by atoms with Crippen LogP contribution >= 0.6 is 11.8 Å². The summed E-state index contributed by atoms with van der Waals surface area (Å²) in [5, 5.41) is 3.92. The smallest absolute Gasteiger partial charge is 0.233 e. The van der Waals surface area contributed by atoms with Crippen LogP contribution in [0, 0.1) is 0 Å². The molecule has 0 aliphatic heterocycles. The second kappa shape index (κ2) is 5.58. The SMILES string of the molecule is CC(Sc1nccn1C)C(=O)NC1CCCC1. The van der Waals surface area contributed by atoms with E-state index in [4.69, 9.17) is 0 Å². The summed E-state index contributed by atoms with van der Waals surface area (Å²) in [4.78, 5) is 16.2. The topological polar surface area (TPSA) is 46.9 Å². The largest absolute Gasteiger partial charge is 0.352 e. The maximum Gasteiger partial charge on any atom is 0.233 e. The number of nitrogens with one attached hydrogen (secondary N) is 1. The monoisotopic (exact) mass is 253 g/mol. The summed E-state index contributed by atoms with van der Waals surface area (Å²) < 4.78 is 1.93. The van der Waals surface area contributed by atoms with E-state index < -0.39 is 0 Å². The minimum absolute atomic E-state index is 0.0864. The predicted molar refractivity (Wildman–Crippen MR) is 68.9 cm³/mol. The number of imidazole rings is 1. The number of thioether (sulfide) groups is 1. The fraction of sp³-hybridized carbons (Fsp3) is 0.667. The Morgan fingerprint density at radius 1 is 1.59 bits per heavy atom. The molecular formula is C12H19N3OS. The van der Waals surface area contributed by atoms with Gasteiger partial charge in [0.05, 0.1) is 5.25 Å². The first-order chi connectivity index (χ1) is 8.16. The van der Waals surface area contributed by atoms with Crippen LogP contribution in [-0.2, 0) is 11.8 Å². The Balaban J connectivity index is 1.84.